The van der Waals surface area contributed by atoms with E-state index in [0.717, 1.165) is 31.6 Å². The molecular formula is C15H20N4O3. The molecule has 3 rings (SSSR count). The topological polar surface area (TPSA) is 88.8 Å². The zero-order valence-electron chi connectivity index (χ0n) is 12.4. The van der Waals surface area contributed by atoms with E-state index in [9.17, 15) is 4.79 Å². The summed E-state index contributed by atoms with van der Waals surface area (Å²) in [5, 5.41) is 16.0. The van der Waals surface area contributed by atoms with Crippen molar-refractivity contribution in [1.29, 1.82) is 0 Å². The van der Waals surface area contributed by atoms with Crippen LogP contribution in [-0.2, 0) is 11.2 Å². The van der Waals surface area contributed by atoms with E-state index in [2.05, 4.69) is 15.4 Å². The third-order valence-corrected chi connectivity index (χ3v) is 3.92. The van der Waals surface area contributed by atoms with Crippen molar-refractivity contribution in [1.82, 2.24) is 19.9 Å². The number of rotatable bonds is 6. The molecule has 0 aromatic carbocycles. The second-order valence-corrected chi connectivity index (χ2v) is 5.54. The molecule has 2 aromatic heterocycles. The Balaban J connectivity index is 1.63. The van der Waals surface area contributed by atoms with E-state index in [1.807, 2.05) is 0 Å². The zero-order valence-corrected chi connectivity index (χ0v) is 12.4. The number of carbonyl (C=O) groups is 1. The average molecular weight is 304 g/mol. The number of aliphatic hydroxyl groups is 1. The van der Waals surface area contributed by atoms with Gasteiger partial charge >= 0.3 is 0 Å². The predicted molar refractivity (Wildman–Crippen MR) is 79.7 cm³/mol. The van der Waals surface area contributed by atoms with Gasteiger partial charge in [0, 0.05) is 38.8 Å². The van der Waals surface area contributed by atoms with Gasteiger partial charge in [0.25, 0.3) is 5.91 Å². The number of amides is 1. The summed E-state index contributed by atoms with van der Waals surface area (Å²) in [6.45, 7) is 2.31. The molecule has 1 aliphatic heterocycles. The molecule has 7 nitrogen and oxygen atoms in total. The second-order valence-electron chi connectivity index (χ2n) is 5.54. The molecule has 0 radical (unpaired) electrons. The maximum atomic E-state index is 12.2. The minimum absolute atomic E-state index is 0.0622. The highest BCUT2D eigenvalue weighted by molar-refractivity contribution is 5.99. The van der Waals surface area contributed by atoms with Gasteiger partial charge < -0.3 is 15.2 Å². The third kappa shape index (κ3) is 3.26. The van der Waals surface area contributed by atoms with Crippen LogP contribution in [0.15, 0.2) is 18.6 Å². The van der Waals surface area contributed by atoms with Crippen molar-refractivity contribution in [3.05, 3.63) is 29.7 Å². The summed E-state index contributed by atoms with van der Waals surface area (Å²) in [6.07, 6.45) is 7.50. The predicted octanol–water partition coefficient (Wildman–Crippen LogP) is 0.420. The number of ether oxygens (including phenoxy) is 1. The molecule has 1 amide bonds. The molecule has 1 fully saturated rings. The van der Waals surface area contributed by atoms with E-state index < -0.39 is 0 Å². The molecule has 0 saturated carbocycles. The van der Waals surface area contributed by atoms with Crippen molar-refractivity contribution in [2.75, 3.05) is 26.4 Å². The van der Waals surface area contributed by atoms with Crippen molar-refractivity contribution >= 4 is 11.6 Å². The molecule has 2 N–H and O–H groups in total. The molecule has 0 aliphatic carbocycles. The van der Waals surface area contributed by atoms with E-state index in [1.165, 1.54) is 6.20 Å². The summed E-state index contributed by atoms with van der Waals surface area (Å²) in [7, 11) is 0. The monoisotopic (exact) mass is 304 g/mol. The van der Waals surface area contributed by atoms with Crippen LogP contribution in [0.2, 0.25) is 0 Å². The number of nitrogens with zero attached hydrogens (tertiary/aromatic N) is 3. The Morgan fingerprint density at radius 3 is 3.18 bits per heavy atom. The van der Waals surface area contributed by atoms with Gasteiger partial charge in [-0.15, -0.1) is 0 Å². The summed E-state index contributed by atoms with van der Waals surface area (Å²) in [6, 6.07) is 0. The Morgan fingerprint density at radius 1 is 1.50 bits per heavy atom. The highest BCUT2D eigenvalue weighted by Crippen LogP contribution is 2.15. The van der Waals surface area contributed by atoms with Gasteiger partial charge in [0.1, 0.15) is 5.56 Å². The highest BCUT2D eigenvalue weighted by atomic mass is 16.5. The minimum atomic E-state index is -0.156. The molecule has 118 valence electrons. The molecule has 22 heavy (non-hydrogen) atoms. The van der Waals surface area contributed by atoms with Crippen molar-refractivity contribution < 1.29 is 14.6 Å². The van der Waals surface area contributed by atoms with Crippen LogP contribution in [0.5, 0.6) is 0 Å². The van der Waals surface area contributed by atoms with Gasteiger partial charge in [-0.3, -0.25) is 4.79 Å². The number of hydrogen-bond acceptors (Lipinski definition) is 5. The lowest BCUT2D eigenvalue weighted by molar-refractivity contribution is 0.0952. The Hall–Kier alpha value is -1.99. The van der Waals surface area contributed by atoms with Crippen molar-refractivity contribution in [3.8, 4) is 0 Å². The molecule has 1 saturated heterocycles. The van der Waals surface area contributed by atoms with E-state index in [0.29, 0.717) is 30.1 Å². The van der Waals surface area contributed by atoms with Crippen LogP contribution in [0, 0.1) is 5.92 Å². The van der Waals surface area contributed by atoms with Crippen molar-refractivity contribution in [2.45, 2.75) is 19.3 Å². The van der Waals surface area contributed by atoms with Gasteiger partial charge in [0.15, 0.2) is 5.65 Å². The number of nitrogens with one attached hydrogen (secondary N) is 1. The van der Waals surface area contributed by atoms with Crippen LogP contribution in [0.4, 0.5) is 0 Å². The molecule has 1 aliphatic rings. The zero-order chi connectivity index (χ0) is 15.4. The van der Waals surface area contributed by atoms with Crippen LogP contribution in [-0.4, -0.2) is 52.0 Å². The third-order valence-electron chi connectivity index (χ3n) is 3.92. The maximum absolute atomic E-state index is 12.2. The average Bonchev–Trinajstić information content (AvgIpc) is 3.16. The van der Waals surface area contributed by atoms with E-state index in [1.54, 1.807) is 16.9 Å². The van der Waals surface area contributed by atoms with E-state index in [-0.39, 0.29) is 12.5 Å². The number of fused-ring (bicyclic) bond motifs is 1. The quantitative estimate of drug-likeness (QED) is 0.807. The molecule has 2 aromatic rings. The summed E-state index contributed by atoms with van der Waals surface area (Å²) in [5.74, 6) is 0.389. The first-order valence-corrected chi connectivity index (χ1v) is 7.57. The van der Waals surface area contributed by atoms with E-state index in [4.69, 9.17) is 9.84 Å². The van der Waals surface area contributed by atoms with Crippen LogP contribution >= 0.6 is 0 Å². The second kappa shape index (κ2) is 6.85. The smallest absolute Gasteiger partial charge is 0.256 e. The minimum Gasteiger partial charge on any atom is -0.396 e. The molecule has 3 heterocycles. The van der Waals surface area contributed by atoms with Gasteiger partial charge in [-0.25, -0.2) is 9.50 Å². The fraction of sp³-hybridized carbons (Fsp3) is 0.533. The van der Waals surface area contributed by atoms with Gasteiger partial charge in [0.05, 0.1) is 6.20 Å². The first-order valence-electron chi connectivity index (χ1n) is 7.57. The van der Waals surface area contributed by atoms with Crippen LogP contribution in [0.25, 0.3) is 5.65 Å². The molecule has 0 bridgehead atoms. The van der Waals surface area contributed by atoms with E-state index >= 15 is 0 Å². The fourth-order valence-electron chi connectivity index (χ4n) is 2.63. The molecule has 0 spiro atoms. The number of carbonyl (C=O) groups excluding carboxylic acids is 1. The summed E-state index contributed by atoms with van der Waals surface area (Å²) >= 11 is 0. The lowest BCUT2D eigenvalue weighted by atomic mass is 10.1. The van der Waals surface area contributed by atoms with Gasteiger partial charge in [-0.2, -0.15) is 5.10 Å². The SMILES string of the molecule is O=C(NCCC1CCOC1)c1cnn2cc(CCO)cnc12. The van der Waals surface area contributed by atoms with Crippen LogP contribution in [0.3, 0.4) is 0 Å². The lowest BCUT2D eigenvalue weighted by Gasteiger charge is -2.08. The fourth-order valence-corrected chi connectivity index (χ4v) is 2.63. The molecule has 7 heteroatoms. The molecule has 1 unspecified atom stereocenters. The van der Waals surface area contributed by atoms with Crippen molar-refractivity contribution in [2.24, 2.45) is 5.92 Å². The first-order chi connectivity index (χ1) is 10.8. The van der Waals surface area contributed by atoms with Gasteiger partial charge in [-0.1, -0.05) is 0 Å². The Bertz CT molecular complexity index is 649. The normalized spacial score (nSPS) is 18.0. The Kier molecular flexibility index (Phi) is 4.65. The van der Waals surface area contributed by atoms with Gasteiger partial charge in [0.2, 0.25) is 0 Å². The highest BCUT2D eigenvalue weighted by Gasteiger charge is 2.17. The largest absolute Gasteiger partial charge is 0.396 e. The van der Waals surface area contributed by atoms with Gasteiger partial charge in [-0.05, 0) is 30.7 Å². The Labute approximate surface area is 128 Å². The lowest BCUT2D eigenvalue weighted by Crippen LogP contribution is -2.26. The number of aliphatic hydroxyl groups excluding tert-OH is 1. The van der Waals surface area contributed by atoms with Crippen LogP contribution < -0.4 is 5.32 Å². The van der Waals surface area contributed by atoms with Crippen molar-refractivity contribution in [3.63, 3.8) is 0 Å². The molecular weight excluding hydrogens is 284 g/mol. The summed E-state index contributed by atoms with van der Waals surface area (Å²) in [4.78, 5) is 16.5. The molecule has 1 atom stereocenters. The number of hydrogen-bond donors (Lipinski definition) is 2. The standard InChI is InChI=1S/C15H20N4O3/c20-5-2-12-7-17-14-13(8-18-19(14)9-12)15(21)16-4-1-11-3-6-22-10-11/h7-9,11,20H,1-6,10H2,(H,16,21). The first kappa shape index (κ1) is 14.9. The maximum Gasteiger partial charge on any atom is 0.256 e. The summed E-state index contributed by atoms with van der Waals surface area (Å²) < 4.78 is 6.90. The Morgan fingerprint density at radius 2 is 2.41 bits per heavy atom. The van der Waals surface area contributed by atoms with Crippen LogP contribution in [0.1, 0.15) is 28.8 Å². The summed E-state index contributed by atoms with van der Waals surface area (Å²) in [5.41, 5.74) is 1.88. The number of aromatic nitrogens is 3.